The second kappa shape index (κ2) is 9.37. The Hall–Kier alpha value is -3.44. The summed E-state index contributed by atoms with van der Waals surface area (Å²) in [5.74, 6) is -0.973. The van der Waals surface area contributed by atoms with Crippen LogP contribution in [0.3, 0.4) is 0 Å². The van der Waals surface area contributed by atoms with E-state index in [0.29, 0.717) is 26.8 Å². The summed E-state index contributed by atoms with van der Waals surface area (Å²) in [5.41, 5.74) is 6.58. The molecule has 4 rings (SSSR count). The van der Waals surface area contributed by atoms with Crippen LogP contribution in [0, 0.1) is 5.92 Å². The van der Waals surface area contributed by atoms with E-state index in [4.69, 9.17) is 21.9 Å². The molecular formula is C20H18ClN7O3S. The van der Waals surface area contributed by atoms with Gasteiger partial charge in [0.25, 0.3) is 0 Å². The van der Waals surface area contributed by atoms with Crippen LogP contribution in [0.25, 0.3) is 16.7 Å². The number of halogens is 1. The van der Waals surface area contributed by atoms with Gasteiger partial charge in [-0.2, -0.15) is 5.10 Å². The lowest BCUT2D eigenvalue weighted by Crippen LogP contribution is -2.33. The van der Waals surface area contributed by atoms with E-state index < -0.39 is 11.2 Å². The highest BCUT2D eigenvalue weighted by Crippen LogP contribution is 2.34. The first-order chi connectivity index (χ1) is 15.4. The van der Waals surface area contributed by atoms with Crippen LogP contribution in [0.4, 0.5) is 5.82 Å². The Kier molecular flexibility index (Phi) is 6.37. The van der Waals surface area contributed by atoms with E-state index in [2.05, 4.69) is 25.5 Å². The molecule has 0 saturated carbocycles. The van der Waals surface area contributed by atoms with Crippen molar-refractivity contribution < 1.29 is 14.1 Å². The number of anilines is 1. The normalized spacial score (nSPS) is 13.1. The number of amides is 2. The van der Waals surface area contributed by atoms with Gasteiger partial charge in [-0.1, -0.05) is 47.6 Å². The van der Waals surface area contributed by atoms with Crippen LogP contribution in [-0.4, -0.2) is 42.0 Å². The molecular weight excluding hydrogens is 454 g/mol. The highest BCUT2D eigenvalue weighted by molar-refractivity contribution is 8.00. The molecule has 0 aliphatic heterocycles. The molecule has 164 valence electrons. The molecule has 4 aromatic rings. The Bertz CT molecular complexity index is 1260. The molecule has 3 N–H and O–H groups in total. The molecule has 3 heterocycles. The quantitative estimate of drug-likeness (QED) is 0.295. The predicted molar refractivity (Wildman–Crippen MR) is 119 cm³/mol. The number of carbonyl (C=O) groups excluding carboxylic acids is 2. The third-order valence-corrected chi connectivity index (χ3v) is 6.44. The molecule has 2 atom stereocenters. The third-order valence-electron chi connectivity index (χ3n) is 4.64. The second-order valence-electron chi connectivity index (χ2n) is 6.98. The van der Waals surface area contributed by atoms with Crippen LogP contribution in [0.2, 0.25) is 5.02 Å². The number of benzene rings is 1. The first kappa shape index (κ1) is 21.8. The number of thioether (sulfide) groups is 1. The number of nitrogens with one attached hydrogen (secondary N) is 1. The summed E-state index contributed by atoms with van der Waals surface area (Å²) in [6, 6.07) is 8.78. The fraction of sp³-hybridized carbons (Fsp3) is 0.200. The Balaban J connectivity index is 1.68. The second-order valence-corrected chi connectivity index (χ2v) is 8.52. The van der Waals surface area contributed by atoms with Crippen molar-refractivity contribution in [2.24, 2.45) is 11.7 Å². The van der Waals surface area contributed by atoms with Gasteiger partial charge in [0.2, 0.25) is 11.8 Å². The fourth-order valence-corrected chi connectivity index (χ4v) is 4.49. The zero-order chi connectivity index (χ0) is 22.7. The zero-order valence-electron chi connectivity index (χ0n) is 16.8. The van der Waals surface area contributed by atoms with Gasteiger partial charge >= 0.3 is 0 Å². The maximum absolute atomic E-state index is 13.0. The zero-order valence-corrected chi connectivity index (χ0v) is 18.4. The van der Waals surface area contributed by atoms with E-state index in [1.165, 1.54) is 30.4 Å². The van der Waals surface area contributed by atoms with Gasteiger partial charge in [-0.15, -0.1) is 0 Å². The number of hydrogen-bond acceptors (Lipinski definition) is 8. The summed E-state index contributed by atoms with van der Waals surface area (Å²) < 4.78 is 6.37. The van der Waals surface area contributed by atoms with Crippen LogP contribution in [-0.2, 0) is 9.59 Å². The van der Waals surface area contributed by atoms with Crippen LogP contribution >= 0.6 is 23.4 Å². The Labute approximate surface area is 191 Å². The summed E-state index contributed by atoms with van der Waals surface area (Å²) >= 11 is 7.52. The molecule has 0 aliphatic carbocycles. The van der Waals surface area contributed by atoms with Gasteiger partial charge in [0.05, 0.1) is 27.5 Å². The topological polar surface area (TPSA) is 142 Å². The smallest absolute Gasteiger partial charge is 0.239 e. The highest BCUT2D eigenvalue weighted by Gasteiger charge is 2.30. The largest absolute Gasteiger partial charge is 0.370 e. The average Bonchev–Trinajstić information content (AvgIpc) is 3.42. The van der Waals surface area contributed by atoms with Crippen molar-refractivity contribution >= 4 is 52.0 Å². The lowest BCUT2D eigenvalue weighted by molar-refractivity contribution is -0.119. The SMILES string of the molecule is CC(CC(N)=O)C(Sc1ncnc2c1cnn2-c1ccccc1Cl)C(=O)Nc1ccon1. The summed E-state index contributed by atoms with van der Waals surface area (Å²) in [6.45, 7) is 1.77. The number of nitrogens with zero attached hydrogens (tertiary/aromatic N) is 5. The molecule has 0 aliphatic rings. The van der Waals surface area contributed by atoms with Crippen molar-refractivity contribution in [2.45, 2.75) is 23.6 Å². The van der Waals surface area contributed by atoms with E-state index in [1.54, 1.807) is 23.9 Å². The van der Waals surface area contributed by atoms with Crippen molar-refractivity contribution in [3.05, 3.63) is 54.1 Å². The molecule has 2 unspecified atom stereocenters. The van der Waals surface area contributed by atoms with Gasteiger partial charge in [-0.3, -0.25) is 9.59 Å². The van der Waals surface area contributed by atoms with Crippen LogP contribution < -0.4 is 11.1 Å². The lowest BCUT2D eigenvalue weighted by atomic mass is 10.0. The number of carbonyl (C=O) groups is 2. The van der Waals surface area contributed by atoms with Crippen LogP contribution in [0.1, 0.15) is 13.3 Å². The molecule has 0 saturated heterocycles. The van der Waals surface area contributed by atoms with Gasteiger partial charge in [0.15, 0.2) is 11.5 Å². The van der Waals surface area contributed by atoms with E-state index in [1.807, 2.05) is 18.2 Å². The van der Waals surface area contributed by atoms with E-state index in [9.17, 15) is 9.59 Å². The van der Waals surface area contributed by atoms with Crippen molar-refractivity contribution in [1.29, 1.82) is 0 Å². The molecule has 32 heavy (non-hydrogen) atoms. The minimum absolute atomic E-state index is 0.0248. The Morgan fingerprint density at radius 2 is 2.09 bits per heavy atom. The molecule has 0 radical (unpaired) electrons. The molecule has 0 fully saturated rings. The number of fused-ring (bicyclic) bond motifs is 1. The third kappa shape index (κ3) is 4.58. The minimum atomic E-state index is -0.694. The van der Waals surface area contributed by atoms with Gasteiger partial charge in [-0.05, 0) is 18.1 Å². The number of hydrogen-bond donors (Lipinski definition) is 2. The van der Waals surface area contributed by atoms with Gasteiger partial charge in [0, 0.05) is 12.5 Å². The average molecular weight is 472 g/mol. The monoisotopic (exact) mass is 471 g/mol. The number of primary amides is 1. The minimum Gasteiger partial charge on any atom is -0.370 e. The molecule has 10 nitrogen and oxygen atoms in total. The maximum atomic E-state index is 13.0. The summed E-state index contributed by atoms with van der Waals surface area (Å²) in [4.78, 5) is 33.2. The number of nitrogens with two attached hydrogens (primary N) is 1. The molecule has 0 spiro atoms. The number of rotatable bonds is 8. The van der Waals surface area contributed by atoms with Crippen LogP contribution in [0.5, 0.6) is 0 Å². The Morgan fingerprint density at radius 3 is 2.81 bits per heavy atom. The van der Waals surface area contributed by atoms with Gasteiger partial charge in [-0.25, -0.2) is 14.6 Å². The molecule has 3 aromatic heterocycles. The van der Waals surface area contributed by atoms with Crippen molar-refractivity contribution in [3.8, 4) is 5.69 Å². The van der Waals surface area contributed by atoms with Crippen molar-refractivity contribution in [3.63, 3.8) is 0 Å². The maximum Gasteiger partial charge on any atom is 0.239 e. The van der Waals surface area contributed by atoms with E-state index in [-0.39, 0.29) is 24.1 Å². The van der Waals surface area contributed by atoms with E-state index >= 15 is 0 Å². The van der Waals surface area contributed by atoms with E-state index in [0.717, 1.165) is 0 Å². The fourth-order valence-electron chi connectivity index (χ4n) is 3.16. The number of aromatic nitrogens is 5. The summed E-state index contributed by atoms with van der Waals surface area (Å²) in [6.07, 6.45) is 4.38. The molecule has 0 bridgehead atoms. The standard InChI is InChI=1S/C20H18ClN7O3S/c1-11(8-15(22)29)17(19(30)26-16-6-7-31-27-16)32-20-12-9-25-28(18(12)23-10-24-20)14-5-3-2-4-13(14)21/h2-7,9-11,17H,8H2,1H3,(H2,22,29)(H,26,27,30). The Morgan fingerprint density at radius 1 is 1.28 bits per heavy atom. The van der Waals surface area contributed by atoms with Crippen LogP contribution in [0.15, 0.2) is 58.7 Å². The van der Waals surface area contributed by atoms with Crippen molar-refractivity contribution in [1.82, 2.24) is 24.9 Å². The lowest BCUT2D eigenvalue weighted by Gasteiger charge is -2.21. The summed E-state index contributed by atoms with van der Waals surface area (Å²) in [7, 11) is 0. The first-order valence-corrected chi connectivity index (χ1v) is 10.8. The highest BCUT2D eigenvalue weighted by atomic mass is 35.5. The summed E-state index contributed by atoms with van der Waals surface area (Å²) in [5, 5.41) is 11.8. The first-order valence-electron chi connectivity index (χ1n) is 9.54. The molecule has 2 amide bonds. The predicted octanol–water partition coefficient (Wildman–Crippen LogP) is 3.07. The molecule has 12 heteroatoms. The van der Waals surface area contributed by atoms with Crippen molar-refractivity contribution in [2.75, 3.05) is 5.32 Å². The number of para-hydroxylation sites is 1. The van der Waals surface area contributed by atoms with Gasteiger partial charge in [0.1, 0.15) is 17.6 Å². The van der Waals surface area contributed by atoms with Gasteiger partial charge < -0.3 is 15.6 Å². The molecule has 1 aromatic carbocycles.